The Morgan fingerprint density at radius 3 is 1.05 bits per heavy atom. The summed E-state index contributed by atoms with van der Waals surface area (Å²) in [4.78, 5) is 38.8. The molecule has 6 saturated heterocycles. The van der Waals surface area contributed by atoms with E-state index in [1.165, 1.54) is 135 Å². The molecule has 678 valence electrons. The van der Waals surface area contributed by atoms with E-state index < -0.39 is 254 Å². The summed E-state index contributed by atoms with van der Waals surface area (Å²) in [5, 5.41) is 209. The third-order valence-electron chi connectivity index (χ3n) is 22.7. The number of aliphatic hydroxyl groups excluding tert-OH is 18. The van der Waals surface area contributed by atoms with E-state index in [2.05, 4.69) is 29.8 Å². The van der Waals surface area contributed by atoms with Gasteiger partial charge in [0.05, 0.1) is 58.4 Å². The summed E-state index contributed by atoms with van der Waals surface area (Å²) in [7, 11) is 0. The molecular formula is C80H145N3O33. The zero-order chi connectivity index (χ0) is 84.8. The van der Waals surface area contributed by atoms with Gasteiger partial charge in [0.1, 0.15) is 146 Å². The first-order valence-electron chi connectivity index (χ1n) is 43.0. The second kappa shape index (κ2) is 55.2. The van der Waals surface area contributed by atoms with Gasteiger partial charge < -0.3 is 165 Å². The average Bonchev–Trinajstić information content (AvgIpc) is 0.772. The SMILES string of the molecule is CCCCCCCCCCCCC/C=C/[C@@H](O)[C@H](CO[C@@H]1OC(CO)[C@@H](O[C@@H]2OC(CO)[C@H](O[C@@H]3OC(CO)[C@H](O)[C@H](O[C@@H]4OC(CO)[C@H](O)[C@H](O[C@@H]5OC(CO)[C@H](O)[C@H](O[C@H]6OC(CO)[C@H](O)[C@H](O)C6NC(C)=O)C5O)C4NC(C)=O)C3O)[C@H](O)C2O)[C@H](O)C1O)NC(=O)CCCCCCCCCCCCCCCCCCCCC. The fourth-order valence-electron chi connectivity index (χ4n) is 15.8. The average molecular weight is 1680 g/mol. The third-order valence-corrected chi connectivity index (χ3v) is 22.7. The van der Waals surface area contributed by atoms with Crippen LogP contribution in [-0.4, -0.2) is 352 Å². The van der Waals surface area contributed by atoms with E-state index in [0.29, 0.717) is 12.8 Å². The first kappa shape index (κ1) is 102. The van der Waals surface area contributed by atoms with E-state index in [1.54, 1.807) is 6.08 Å². The third kappa shape index (κ3) is 31.6. The van der Waals surface area contributed by atoms with Crippen molar-refractivity contribution >= 4 is 17.7 Å². The van der Waals surface area contributed by atoms with Gasteiger partial charge in [-0.2, -0.15) is 0 Å². The molecule has 0 bridgehead atoms. The monoisotopic (exact) mass is 1680 g/mol. The van der Waals surface area contributed by atoms with Gasteiger partial charge in [-0.3, -0.25) is 14.4 Å². The number of carbonyl (C=O) groups is 3. The molecule has 36 nitrogen and oxygen atoms in total. The van der Waals surface area contributed by atoms with Crippen LogP contribution in [0.5, 0.6) is 0 Å². The van der Waals surface area contributed by atoms with Crippen molar-refractivity contribution in [3.05, 3.63) is 12.2 Å². The maximum Gasteiger partial charge on any atom is 0.220 e. The van der Waals surface area contributed by atoms with Crippen LogP contribution in [0.15, 0.2) is 12.2 Å². The van der Waals surface area contributed by atoms with Gasteiger partial charge in [0.25, 0.3) is 0 Å². The highest BCUT2D eigenvalue weighted by Crippen LogP contribution is 2.38. The highest BCUT2D eigenvalue weighted by atomic mass is 16.8. The molecule has 0 aromatic heterocycles. The van der Waals surface area contributed by atoms with Gasteiger partial charge in [-0.1, -0.05) is 206 Å². The molecule has 6 aliphatic rings. The van der Waals surface area contributed by atoms with Gasteiger partial charge in [-0.25, -0.2) is 0 Å². The fourth-order valence-corrected chi connectivity index (χ4v) is 15.8. The van der Waals surface area contributed by atoms with Gasteiger partial charge in [0, 0.05) is 20.3 Å². The predicted molar refractivity (Wildman–Crippen MR) is 412 cm³/mol. The number of hydrogen-bond donors (Lipinski definition) is 21. The van der Waals surface area contributed by atoms with E-state index in [0.717, 1.165) is 65.2 Å². The van der Waals surface area contributed by atoms with E-state index in [9.17, 15) is 106 Å². The zero-order valence-corrected chi connectivity index (χ0v) is 68.4. The Labute approximate surface area is 682 Å². The molecule has 0 spiro atoms. The quantitative estimate of drug-likeness (QED) is 0.0260. The van der Waals surface area contributed by atoms with Gasteiger partial charge >= 0.3 is 0 Å². The van der Waals surface area contributed by atoms with Crippen LogP contribution < -0.4 is 16.0 Å². The van der Waals surface area contributed by atoms with Crippen molar-refractivity contribution < 1.29 is 163 Å². The summed E-state index contributed by atoms with van der Waals surface area (Å²) in [6.45, 7) is 0.0841. The van der Waals surface area contributed by atoms with Crippen LogP contribution in [0.25, 0.3) is 0 Å². The highest BCUT2D eigenvalue weighted by Gasteiger charge is 2.59. The molecule has 3 amide bonds. The Morgan fingerprint density at radius 1 is 0.336 bits per heavy atom. The number of unbranched alkanes of at least 4 members (excludes halogenated alkanes) is 29. The van der Waals surface area contributed by atoms with Gasteiger partial charge in [0.2, 0.25) is 17.7 Å². The molecule has 116 heavy (non-hydrogen) atoms. The van der Waals surface area contributed by atoms with Gasteiger partial charge in [-0.15, -0.1) is 0 Å². The maximum absolute atomic E-state index is 13.5. The van der Waals surface area contributed by atoms with Crippen molar-refractivity contribution in [2.24, 2.45) is 0 Å². The number of aliphatic hydroxyl groups is 18. The molecule has 0 radical (unpaired) electrons. The molecule has 0 aliphatic carbocycles. The number of carbonyl (C=O) groups excluding carboxylic acids is 3. The molecule has 32 atom stereocenters. The lowest BCUT2D eigenvalue weighted by molar-refractivity contribution is -0.390. The number of amides is 3. The number of rotatable bonds is 56. The summed E-state index contributed by atoms with van der Waals surface area (Å²) < 4.78 is 70.8. The Morgan fingerprint density at radius 2 is 0.647 bits per heavy atom. The van der Waals surface area contributed by atoms with Gasteiger partial charge in [-0.05, 0) is 19.3 Å². The van der Waals surface area contributed by atoms with Crippen LogP contribution in [-0.2, 0) is 71.2 Å². The van der Waals surface area contributed by atoms with Gasteiger partial charge in [0.15, 0.2) is 37.7 Å². The van der Waals surface area contributed by atoms with Crippen LogP contribution in [0.3, 0.4) is 0 Å². The Balaban J connectivity index is 1.06. The van der Waals surface area contributed by atoms with E-state index in [1.807, 2.05) is 6.08 Å². The minimum atomic E-state index is -2.27. The molecule has 21 N–H and O–H groups in total. The predicted octanol–water partition coefficient (Wildman–Crippen LogP) is -0.864. The van der Waals surface area contributed by atoms with Crippen molar-refractivity contribution in [1.29, 1.82) is 0 Å². The van der Waals surface area contributed by atoms with Crippen molar-refractivity contribution in [2.75, 3.05) is 46.2 Å². The minimum absolute atomic E-state index is 0.181. The molecule has 36 heteroatoms. The smallest absolute Gasteiger partial charge is 0.220 e. The van der Waals surface area contributed by atoms with Crippen LogP contribution in [0, 0.1) is 0 Å². The molecule has 6 heterocycles. The van der Waals surface area contributed by atoms with Crippen molar-refractivity contribution in [3.8, 4) is 0 Å². The Kier molecular flexibility index (Phi) is 48.5. The minimum Gasteiger partial charge on any atom is -0.394 e. The normalized spacial score (nSPS) is 36.3. The summed E-state index contributed by atoms with van der Waals surface area (Å²) >= 11 is 0. The summed E-state index contributed by atoms with van der Waals surface area (Å²) in [5.41, 5.74) is 0. The lowest BCUT2D eigenvalue weighted by Crippen LogP contribution is -2.71. The molecule has 0 saturated carbocycles. The van der Waals surface area contributed by atoms with Crippen molar-refractivity contribution in [1.82, 2.24) is 16.0 Å². The van der Waals surface area contributed by atoms with E-state index >= 15 is 0 Å². The van der Waals surface area contributed by atoms with E-state index in [4.69, 9.17) is 56.8 Å². The topological polar surface area (TPSA) is 562 Å². The van der Waals surface area contributed by atoms with E-state index in [-0.39, 0.29) is 12.3 Å². The number of nitrogens with one attached hydrogen (secondary N) is 3. The van der Waals surface area contributed by atoms with Crippen LogP contribution in [0.1, 0.15) is 233 Å². The molecule has 12 unspecified atom stereocenters. The number of allylic oxidation sites excluding steroid dienone is 1. The van der Waals surface area contributed by atoms with Crippen molar-refractivity contribution in [3.63, 3.8) is 0 Å². The molecule has 0 aromatic carbocycles. The van der Waals surface area contributed by atoms with Crippen LogP contribution >= 0.6 is 0 Å². The second-order valence-electron chi connectivity index (χ2n) is 32.1. The zero-order valence-electron chi connectivity index (χ0n) is 68.4. The van der Waals surface area contributed by atoms with Crippen molar-refractivity contribution in [2.45, 2.75) is 429 Å². The summed E-state index contributed by atoms with van der Waals surface area (Å²) in [6, 6.07) is -4.51. The van der Waals surface area contributed by atoms with Crippen LogP contribution in [0.2, 0.25) is 0 Å². The fraction of sp³-hybridized carbons (Fsp3) is 0.938. The standard InChI is InChI=1S/C80H145N3O33/c1-5-7-9-11-13-15-17-19-20-21-22-23-24-26-28-30-32-34-36-38-56(93)83-48(49(92)37-35-33-31-29-27-25-18-16-14-12-10-8-6-2)45-105-77-66(101)64(99)70(54(43-88)110-77)112-78-67(102)65(100)71(55(44-89)111-78)113-79-68(103)74(62(97)52(41-86)108-79)116-76-58(82-47(4)91)72(60(95)51(40-85)107-76)114-80-69(104)73(61(96)53(42-87)109-80)115-75-57(81-46(3)90)63(98)59(94)50(39-84)106-75/h35,37,48-55,57-80,84-89,92,94-104H,5-34,36,38-45H2,1-4H3,(H,81,90)(H,82,91)(H,83,93)/b37-35+/t48-,49+,50?,51?,52?,53?,54?,55?,57?,58?,59-,60-,61-,62-,63+,64+,65+,66?,67?,68?,69?,70+,71-,72+,73-,74-,75+,76-,77+,78-,79-,80-/m0/s1. The molecule has 6 aliphatic heterocycles. The maximum atomic E-state index is 13.5. The summed E-state index contributed by atoms with van der Waals surface area (Å²) in [6.07, 6.45) is -15.4. The summed E-state index contributed by atoms with van der Waals surface area (Å²) in [5.74, 6) is -1.98. The number of hydrogen-bond acceptors (Lipinski definition) is 33. The first-order valence-corrected chi connectivity index (χ1v) is 43.0. The lowest BCUT2D eigenvalue weighted by Gasteiger charge is -2.51. The molecule has 0 aromatic rings. The number of ether oxygens (including phenoxy) is 12. The molecule has 6 fully saturated rings. The molecule has 6 rings (SSSR count). The first-order chi connectivity index (χ1) is 55.8. The Bertz CT molecular complexity index is 2670. The highest BCUT2D eigenvalue weighted by molar-refractivity contribution is 5.76. The molecular weight excluding hydrogens is 1530 g/mol. The largest absolute Gasteiger partial charge is 0.394 e. The second-order valence-corrected chi connectivity index (χ2v) is 32.1. The lowest BCUT2D eigenvalue weighted by atomic mass is 9.94. The van der Waals surface area contributed by atoms with Crippen LogP contribution in [0.4, 0.5) is 0 Å². The Hall–Kier alpha value is -3.05.